The van der Waals surface area contributed by atoms with Crippen LogP contribution in [0.1, 0.15) is 67.4 Å². The predicted octanol–water partition coefficient (Wildman–Crippen LogP) is 2.21. The molecule has 2 amide bonds. The first-order valence-electron chi connectivity index (χ1n) is 11.0. The molecule has 0 aromatic carbocycles. The molecule has 1 aromatic heterocycles. The molecule has 1 saturated carbocycles. The summed E-state index contributed by atoms with van der Waals surface area (Å²) in [6.07, 6.45) is 7.84. The summed E-state index contributed by atoms with van der Waals surface area (Å²) in [5, 5.41) is 2.87. The minimum Gasteiger partial charge on any atom is -0.383 e. The first-order valence-corrected chi connectivity index (χ1v) is 11.0. The molecule has 166 valence electrons. The maximum absolute atomic E-state index is 13.3. The molecular formula is C22H35N5O3. The molecule has 1 aliphatic carbocycles. The Morgan fingerprint density at radius 2 is 2.03 bits per heavy atom. The van der Waals surface area contributed by atoms with Gasteiger partial charge in [0.2, 0.25) is 11.9 Å². The van der Waals surface area contributed by atoms with Gasteiger partial charge in [0, 0.05) is 58.4 Å². The van der Waals surface area contributed by atoms with Gasteiger partial charge in [-0.15, -0.1) is 0 Å². The highest BCUT2D eigenvalue weighted by molar-refractivity contribution is 5.95. The number of nitrogens with one attached hydrogen (secondary N) is 1. The van der Waals surface area contributed by atoms with Crippen LogP contribution in [0, 0.1) is 5.41 Å². The van der Waals surface area contributed by atoms with Crippen LogP contribution in [-0.2, 0) is 9.53 Å². The number of rotatable bonds is 7. The van der Waals surface area contributed by atoms with Crippen molar-refractivity contribution in [2.45, 2.75) is 51.4 Å². The lowest BCUT2D eigenvalue weighted by Crippen LogP contribution is -2.42. The van der Waals surface area contributed by atoms with Crippen molar-refractivity contribution in [1.29, 1.82) is 0 Å². The number of likely N-dealkylation sites (tertiary alicyclic amines) is 1. The highest BCUT2D eigenvalue weighted by atomic mass is 16.5. The Labute approximate surface area is 179 Å². The fourth-order valence-corrected chi connectivity index (χ4v) is 4.54. The van der Waals surface area contributed by atoms with Crippen molar-refractivity contribution in [2.75, 3.05) is 52.3 Å². The van der Waals surface area contributed by atoms with E-state index >= 15 is 0 Å². The summed E-state index contributed by atoms with van der Waals surface area (Å²) < 4.78 is 5.02. The number of nitrogens with zero attached hydrogens (tertiary/aromatic N) is 4. The second kappa shape index (κ2) is 9.73. The third-order valence-corrected chi connectivity index (χ3v) is 6.38. The average Bonchev–Trinajstić information content (AvgIpc) is 3.23. The Morgan fingerprint density at radius 3 is 2.70 bits per heavy atom. The van der Waals surface area contributed by atoms with E-state index in [1.54, 1.807) is 13.3 Å². The van der Waals surface area contributed by atoms with Gasteiger partial charge in [0.15, 0.2) is 0 Å². The highest BCUT2D eigenvalue weighted by Gasteiger charge is 2.41. The van der Waals surface area contributed by atoms with Crippen molar-refractivity contribution in [1.82, 2.24) is 20.2 Å². The normalized spacial score (nSPS) is 20.8. The molecule has 1 atom stereocenters. The number of aromatic nitrogens is 2. The van der Waals surface area contributed by atoms with Gasteiger partial charge in [-0.1, -0.05) is 26.2 Å². The Balaban J connectivity index is 1.79. The van der Waals surface area contributed by atoms with Gasteiger partial charge in [-0.2, -0.15) is 0 Å². The first-order chi connectivity index (χ1) is 14.4. The molecule has 0 bridgehead atoms. The van der Waals surface area contributed by atoms with Crippen LogP contribution >= 0.6 is 0 Å². The minimum atomic E-state index is -0.242. The predicted molar refractivity (Wildman–Crippen MR) is 116 cm³/mol. The topological polar surface area (TPSA) is 87.7 Å². The summed E-state index contributed by atoms with van der Waals surface area (Å²) in [6, 6.07) is 0. The third-order valence-electron chi connectivity index (χ3n) is 6.38. The fraction of sp³-hybridized carbons (Fsp3) is 0.727. The molecule has 8 nitrogen and oxygen atoms in total. The Bertz CT molecular complexity index is 761. The summed E-state index contributed by atoms with van der Waals surface area (Å²) in [5.74, 6) is 0.669. The van der Waals surface area contributed by atoms with Crippen molar-refractivity contribution in [2.24, 2.45) is 5.41 Å². The van der Waals surface area contributed by atoms with Crippen LogP contribution in [0.25, 0.3) is 0 Å². The van der Waals surface area contributed by atoms with E-state index < -0.39 is 0 Å². The largest absolute Gasteiger partial charge is 0.383 e. The number of hydrogen-bond donors (Lipinski definition) is 1. The highest BCUT2D eigenvalue weighted by Crippen LogP contribution is 2.39. The van der Waals surface area contributed by atoms with Crippen LogP contribution in [0.3, 0.4) is 0 Å². The molecule has 1 aliphatic heterocycles. The van der Waals surface area contributed by atoms with Gasteiger partial charge in [-0.25, -0.2) is 9.97 Å². The van der Waals surface area contributed by atoms with Crippen LogP contribution in [0.2, 0.25) is 0 Å². The van der Waals surface area contributed by atoms with Crippen LogP contribution in [0.5, 0.6) is 0 Å². The van der Waals surface area contributed by atoms with Gasteiger partial charge < -0.3 is 19.9 Å². The van der Waals surface area contributed by atoms with E-state index in [1.165, 1.54) is 6.42 Å². The van der Waals surface area contributed by atoms with E-state index in [-0.39, 0.29) is 23.1 Å². The molecule has 1 aromatic rings. The van der Waals surface area contributed by atoms with Crippen LogP contribution in [0.4, 0.5) is 5.95 Å². The Morgan fingerprint density at radius 1 is 1.30 bits per heavy atom. The average molecular weight is 418 g/mol. The van der Waals surface area contributed by atoms with E-state index in [0.29, 0.717) is 37.8 Å². The van der Waals surface area contributed by atoms with Gasteiger partial charge in [-0.05, 0) is 19.3 Å². The van der Waals surface area contributed by atoms with Crippen LogP contribution in [0.15, 0.2) is 6.20 Å². The molecule has 3 rings (SSSR count). The minimum absolute atomic E-state index is 0.0333. The number of ether oxygens (including phenoxy) is 1. The standard InChI is InChI=1S/C22H35N5O3/c1-22(9-6-5-7-10-22)20(29)27-12-8-16(15-27)18-17(19(28)23-11-13-30-4)14-24-21(25-18)26(2)3/h14,16H,5-13,15H2,1-4H3,(H,23,28). The Kier molecular flexibility index (Phi) is 7.28. The molecule has 2 heterocycles. The summed E-state index contributed by atoms with van der Waals surface area (Å²) in [4.78, 5) is 38.9. The lowest BCUT2D eigenvalue weighted by molar-refractivity contribution is -0.142. The second-order valence-electron chi connectivity index (χ2n) is 8.97. The maximum Gasteiger partial charge on any atom is 0.254 e. The molecule has 30 heavy (non-hydrogen) atoms. The van der Waals surface area contributed by atoms with Gasteiger partial charge in [-0.3, -0.25) is 9.59 Å². The van der Waals surface area contributed by atoms with Gasteiger partial charge in [0.25, 0.3) is 5.91 Å². The molecule has 2 fully saturated rings. The number of carbonyl (C=O) groups is 2. The van der Waals surface area contributed by atoms with Gasteiger partial charge in [0.1, 0.15) is 0 Å². The van der Waals surface area contributed by atoms with Gasteiger partial charge >= 0.3 is 0 Å². The van der Waals surface area contributed by atoms with E-state index in [4.69, 9.17) is 9.72 Å². The molecule has 1 saturated heterocycles. The van der Waals surface area contributed by atoms with E-state index in [9.17, 15) is 9.59 Å². The smallest absolute Gasteiger partial charge is 0.254 e. The maximum atomic E-state index is 13.3. The number of hydrogen-bond acceptors (Lipinski definition) is 6. The molecule has 0 radical (unpaired) electrons. The molecule has 1 unspecified atom stereocenters. The Hall–Kier alpha value is -2.22. The molecular weight excluding hydrogens is 382 g/mol. The molecule has 0 spiro atoms. The lowest BCUT2D eigenvalue weighted by atomic mass is 9.74. The van der Waals surface area contributed by atoms with Crippen molar-refractivity contribution in [3.63, 3.8) is 0 Å². The monoisotopic (exact) mass is 417 g/mol. The lowest BCUT2D eigenvalue weighted by Gasteiger charge is -2.35. The van der Waals surface area contributed by atoms with Crippen LogP contribution in [-0.4, -0.2) is 74.1 Å². The quantitative estimate of drug-likeness (QED) is 0.685. The number of anilines is 1. The summed E-state index contributed by atoms with van der Waals surface area (Å²) in [6.45, 7) is 4.31. The van der Waals surface area contributed by atoms with Crippen molar-refractivity contribution < 1.29 is 14.3 Å². The molecule has 8 heteroatoms. The van der Waals surface area contributed by atoms with E-state index in [0.717, 1.165) is 37.8 Å². The zero-order valence-electron chi connectivity index (χ0n) is 18.7. The summed E-state index contributed by atoms with van der Waals surface area (Å²) in [7, 11) is 5.36. The van der Waals surface area contributed by atoms with E-state index in [2.05, 4.69) is 17.2 Å². The molecule has 1 N–H and O–H groups in total. The zero-order chi connectivity index (χ0) is 21.7. The molecule has 2 aliphatic rings. The second-order valence-corrected chi connectivity index (χ2v) is 8.97. The number of carbonyl (C=O) groups excluding carboxylic acids is 2. The van der Waals surface area contributed by atoms with Gasteiger partial charge in [0.05, 0.1) is 17.9 Å². The third kappa shape index (κ3) is 4.91. The van der Waals surface area contributed by atoms with Crippen molar-refractivity contribution >= 4 is 17.8 Å². The number of amides is 2. The zero-order valence-corrected chi connectivity index (χ0v) is 18.7. The summed E-state index contributed by atoms with van der Waals surface area (Å²) >= 11 is 0. The fourth-order valence-electron chi connectivity index (χ4n) is 4.54. The first kappa shape index (κ1) is 22.5. The van der Waals surface area contributed by atoms with Crippen molar-refractivity contribution in [3.05, 3.63) is 17.5 Å². The van der Waals surface area contributed by atoms with E-state index in [1.807, 2.05) is 23.9 Å². The summed E-state index contributed by atoms with van der Waals surface area (Å²) in [5.41, 5.74) is 0.973. The van der Waals surface area contributed by atoms with Crippen molar-refractivity contribution in [3.8, 4) is 0 Å². The van der Waals surface area contributed by atoms with Crippen LogP contribution < -0.4 is 10.2 Å². The SMILES string of the molecule is COCCNC(=O)c1cnc(N(C)C)nc1C1CCN(C(=O)C2(C)CCCCC2)C1. The number of methoxy groups -OCH3 is 1.